The van der Waals surface area contributed by atoms with Crippen molar-refractivity contribution in [3.8, 4) is 0 Å². The molecule has 0 saturated carbocycles. The van der Waals surface area contributed by atoms with Gasteiger partial charge in [0.05, 0.1) is 0 Å². The summed E-state index contributed by atoms with van der Waals surface area (Å²) >= 11 is 0. The third-order valence-corrected chi connectivity index (χ3v) is 4.43. The normalized spacial score (nSPS) is 16.7. The zero-order chi connectivity index (χ0) is 13.7. The quantitative estimate of drug-likeness (QED) is 0.865. The van der Waals surface area contributed by atoms with E-state index in [-0.39, 0.29) is 24.8 Å². The van der Waals surface area contributed by atoms with Crippen LogP contribution in [0, 0.1) is 13.8 Å². The molecule has 0 unspecified atom stereocenters. The zero-order valence-electron chi connectivity index (χ0n) is 13.5. The van der Waals surface area contributed by atoms with Crippen LogP contribution in [0.25, 0.3) is 0 Å². The average Bonchev–Trinajstić information content (AvgIpc) is 2.45. The van der Waals surface area contributed by atoms with Gasteiger partial charge in [-0.15, -0.1) is 24.8 Å². The minimum Gasteiger partial charge on any atom is -0.314 e. The number of hydrogen-bond donors (Lipinski definition) is 1. The maximum Gasteiger partial charge on any atom is 0.0351 e. The first kappa shape index (κ1) is 20.7. The van der Waals surface area contributed by atoms with E-state index in [1.54, 1.807) is 5.56 Å². The van der Waals surface area contributed by atoms with Crippen LogP contribution in [0.4, 0.5) is 0 Å². The molecule has 1 heterocycles. The molecular weight excluding hydrogens is 303 g/mol. The lowest BCUT2D eigenvalue weighted by Crippen LogP contribution is -2.45. The van der Waals surface area contributed by atoms with E-state index < -0.39 is 0 Å². The van der Waals surface area contributed by atoms with Crippen molar-refractivity contribution in [2.45, 2.75) is 46.1 Å². The van der Waals surface area contributed by atoms with Crippen LogP contribution < -0.4 is 5.32 Å². The first-order chi connectivity index (χ1) is 9.24. The topological polar surface area (TPSA) is 15.3 Å². The van der Waals surface area contributed by atoms with Gasteiger partial charge in [-0.25, -0.2) is 0 Å². The van der Waals surface area contributed by atoms with Crippen molar-refractivity contribution in [3.05, 3.63) is 34.9 Å². The SMILES string of the molecule is CCCC[C@@H](c1cccc(C)c1C)N1CCNCC1.Cl.Cl. The van der Waals surface area contributed by atoms with E-state index >= 15 is 0 Å². The number of halogens is 2. The van der Waals surface area contributed by atoms with Crippen molar-refractivity contribution in [1.82, 2.24) is 10.2 Å². The summed E-state index contributed by atoms with van der Waals surface area (Å²) in [5.74, 6) is 0. The van der Waals surface area contributed by atoms with Crippen molar-refractivity contribution < 1.29 is 0 Å². The fraction of sp³-hybridized carbons (Fsp3) is 0.647. The van der Waals surface area contributed by atoms with Gasteiger partial charge in [0.1, 0.15) is 0 Å². The maximum absolute atomic E-state index is 3.46. The van der Waals surface area contributed by atoms with Gasteiger partial charge >= 0.3 is 0 Å². The van der Waals surface area contributed by atoms with Crippen LogP contribution in [0.5, 0.6) is 0 Å². The Morgan fingerprint density at radius 2 is 1.81 bits per heavy atom. The monoisotopic (exact) mass is 332 g/mol. The summed E-state index contributed by atoms with van der Waals surface area (Å²) in [6, 6.07) is 7.40. The van der Waals surface area contributed by atoms with E-state index in [4.69, 9.17) is 0 Å². The van der Waals surface area contributed by atoms with Crippen LogP contribution in [0.2, 0.25) is 0 Å². The highest BCUT2D eigenvalue weighted by atomic mass is 35.5. The van der Waals surface area contributed by atoms with Crippen molar-refractivity contribution in [2.75, 3.05) is 26.2 Å². The molecular formula is C17H30Cl2N2. The van der Waals surface area contributed by atoms with E-state index in [2.05, 4.69) is 49.2 Å². The van der Waals surface area contributed by atoms with E-state index in [0.717, 1.165) is 13.1 Å². The molecule has 1 aliphatic heterocycles. The molecule has 0 bridgehead atoms. The molecule has 1 saturated heterocycles. The second-order valence-corrected chi connectivity index (χ2v) is 5.73. The largest absolute Gasteiger partial charge is 0.314 e. The molecule has 1 aromatic rings. The molecule has 0 aromatic heterocycles. The number of nitrogens with one attached hydrogen (secondary N) is 1. The number of benzene rings is 1. The summed E-state index contributed by atoms with van der Waals surface area (Å²) in [4.78, 5) is 2.67. The van der Waals surface area contributed by atoms with Gasteiger partial charge in [-0.05, 0) is 37.0 Å². The molecule has 122 valence electrons. The average molecular weight is 333 g/mol. The number of hydrogen-bond acceptors (Lipinski definition) is 2. The number of unbranched alkanes of at least 4 members (excludes halogenated alkanes) is 1. The van der Waals surface area contributed by atoms with Crippen LogP contribution in [-0.4, -0.2) is 31.1 Å². The van der Waals surface area contributed by atoms with Crippen molar-refractivity contribution in [3.63, 3.8) is 0 Å². The highest BCUT2D eigenvalue weighted by Gasteiger charge is 2.23. The lowest BCUT2D eigenvalue weighted by Gasteiger charge is -2.36. The smallest absolute Gasteiger partial charge is 0.0351 e. The molecule has 1 atom stereocenters. The van der Waals surface area contributed by atoms with Crippen LogP contribution >= 0.6 is 24.8 Å². The third kappa shape index (κ3) is 5.45. The Hall–Kier alpha value is -0.280. The van der Waals surface area contributed by atoms with Crippen molar-refractivity contribution in [1.29, 1.82) is 0 Å². The van der Waals surface area contributed by atoms with Gasteiger partial charge in [0.25, 0.3) is 0 Å². The molecule has 1 aromatic carbocycles. The molecule has 1 aliphatic rings. The number of piperazine rings is 1. The maximum atomic E-state index is 3.46. The van der Waals surface area contributed by atoms with Gasteiger partial charge in [-0.3, -0.25) is 4.90 Å². The summed E-state index contributed by atoms with van der Waals surface area (Å²) < 4.78 is 0. The fourth-order valence-electron chi connectivity index (χ4n) is 3.06. The Labute approximate surface area is 142 Å². The number of aryl methyl sites for hydroxylation is 1. The molecule has 2 rings (SSSR count). The lowest BCUT2D eigenvalue weighted by molar-refractivity contribution is 0.162. The van der Waals surface area contributed by atoms with E-state index in [1.807, 2.05) is 0 Å². The van der Waals surface area contributed by atoms with Gasteiger partial charge in [-0.1, -0.05) is 38.0 Å². The van der Waals surface area contributed by atoms with Gasteiger partial charge in [-0.2, -0.15) is 0 Å². The molecule has 21 heavy (non-hydrogen) atoms. The van der Waals surface area contributed by atoms with Crippen molar-refractivity contribution in [2.24, 2.45) is 0 Å². The molecule has 0 aliphatic carbocycles. The minimum atomic E-state index is 0. The Morgan fingerprint density at radius 1 is 1.14 bits per heavy atom. The van der Waals surface area contributed by atoms with Gasteiger partial charge in [0.15, 0.2) is 0 Å². The molecule has 0 spiro atoms. The Bertz CT molecular complexity index is 404. The van der Waals surface area contributed by atoms with E-state index in [9.17, 15) is 0 Å². The van der Waals surface area contributed by atoms with Crippen molar-refractivity contribution >= 4 is 24.8 Å². The second-order valence-electron chi connectivity index (χ2n) is 5.73. The predicted molar refractivity (Wildman–Crippen MR) is 97.1 cm³/mol. The number of nitrogens with zero attached hydrogens (tertiary/aromatic N) is 1. The summed E-state index contributed by atoms with van der Waals surface area (Å²) in [7, 11) is 0. The fourth-order valence-corrected chi connectivity index (χ4v) is 3.06. The minimum absolute atomic E-state index is 0. The third-order valence-electron chi connectivity index (χ3n) is 4.43. The van der Waals surface area contributed by atoms with Gasteiger partial charge in [0, 0.05) is 32.2 Å². The first-order valence-electron chi connectivity index (χ1n) is 7.75. The second kappa shape index (κ2) is 10.4. The van der Waals surface area contributed by atoms with Gasteiger partial charge < -0.3 is 5.32 Å². The zero-order valence-corrected chi connectivity index (χ0v) is 15.2. The Morgan fingerprint density at radius 3 is 2.43 bits per heavy atom. The highest BCUT2D eigenvalue weighted by Crippen LogP contribution is 2.30. The number of rotatable bonds is 5. The first-order valence-corrected chi connectivity index (χ1v) is 7.75. The highest BCUT2D eigenvalue weighted by molar-refractivity contribution is 5.85. The van der Waals surface area contributed by atoms with Crippen LogP contribution in [0.1, 0.15) is 48.9 Å². The molecule has 1 N–H and O–H groups in total. The Kier molecular flexibility index (Phi) is 10.3. The summed E-state index contributed by atoms with van der Waals surface area (Å²) in [6.45, 7) is 11.4. The molecule has 4 heteroatoms. The van der Waals surface area contributed by atoms with Crippen LogP contribution in [0.3, 0.4) is 0 Å². The van der Waals surface area contributed by atoms with E-state index in [0.29, 0.717) is 6.04 Å². The summed E-state index contributed by atoms with van der Waals surface area (Å²) in [6.07, 6.45) is 3.90. The van der Waals surface area contributed by atoms with Gasteiger partial charge in [0.2, 0.25) is 0 Å². The lowest BCUT2D eigenvalue weighted by atomic mass is 9.92. The Balaban J connectivity index is 0.00000200. The van der Waals surface area contributed by atoms with E-state index in [1.165, 1.54) is 43.5 Å². The van der Waals surface area contributed by atoms with Crippen LogP contribution in [-0.2, 0) is 0 Å². The summed E-state index contributed by atoms with van der Waals surface area (Å²) in [5, 5.41) is 3.46. The molecule has 1 fully saturated rings. The molecule has 0 amide bonds. The summed E-state index contributed by atoms with van der Waals surface area (Å²) in [5.41, 5.74) is 4.46. The van der Waals surface area contributed by atoms with Crippen LogP contribution in [0.15, 0.2) is 18.2 Å². The standard InChI is InChI=1S/C17H28N2.2ClH/c1-4-5-9-17(19-12-10-18-11-13-19)16-8-6-7-14(2)15(16)3;;/h6-8,17-18H,4-5,9-13H2,1-3H3;2*1H/t17-;;/m0../s1. The molecule has 0 radical (unpaired) electrons. The molecule has 2 nitrogen and oxygen atoms in total. The predicted octanol–water partition coefficient (Wildman–Crippen LogP) is 4.28.